The van der Waals surface area contributed by atoms with Crippen LogP contribution in [0.2, 0.25) is 0 Å². The number of anilines is 2. The summed E-state index contributed by atoms with van der Waals surface area (Å²) in [5.41, 5.74) is 6.03. The third-order valence-corrected chi connectivity index (χ3v) is 2.97. The Kier molecular flexibility index (Phi) is 4.63. The van der Waals surface area contributed by atoms with Crippen molar-refractivity contribution in [2.45, 2.75) is 52.4 Å². The van der Waals surface area contributed by atoms with Crippen molar-refractivity contribution in [3.05, 3.63) is 17.9 Å². The average Bonchev–Trinajstić information content (AvgIpc) is 2.23. The number of nitrogens with two attached hydrogens (primary N) is 1. The van der Waals surface area contributed by atoms with E-state index in [-0.39, 0.29) is 17.5 Å². The molecule has 1 atom stereocenters. The van der Waals surface area contributed by atoms with Gasteiger partial charge in [-0.15, -0.1) is 0 Å². The van der Waals surface area contributed by atoms with Gasteiger partial charge < -0.3 is 20.9 Å². The molecule has 1 aromatic rings. The number of halogens is 1. The fraction of sp³-hybridized carbons (Fsp3) is 0.571. The second-order valence-corrected chi connectivity index (χ2v) is 5.56. The van der Waals surface area contributed by atoms with Gasteiger partial charge in [-0.25, -0.2) is 4.39 Å². The maximum absolute atomic E-state index is 13.7. The molecule has 1 unspecified atom stereocenters. The lowest BCUT2D eigenvalue weighted by atomic mass is 9.98. The standard InChI is InChI=1S/C14H23FN2O2/c1-8(2)19-13-7-12(11(16)6-10(13)15)17-14(4,5)9(3)18/h6-9,17-18H,16H2,1-5H3. The van der Waals surface area contributed by atoms with E-state index in [0.717, 1.165) is 0 Å². The SMILES string of the molecule is CC(C)Oc1cc(NC(C)(C)C(C)O)c(N)cc1F. The summed E-state index contributed by atoms with van der Waals surface area (Å²) < 4.78 is 19.1. The van der Waals surface area contributed by atoms with Gasteiger partial charge in [0.05, 0.1) is 29.1 Å². The monoisotopic (exact) mass is 270 g/mol. The predicted octanol–water partition coefficient (Wildman–Crippen LogP) is 2.77. The number of hydrogen-bond donors (Lipinski definition) is 3. The van der Waals surface area contributed by atoms with Crippen molar-refractivity contribution in [1.29, 1.82) is 0 Å². The molecule has 0 aliphatic carbocycles. The zero-order chi connectivity index (χ0) is 14.8. The Hall–Kier alpha value is -1.49. The Labute approximate surface area is 113 Å². The lowest BCUT2D eigenvalue weighted by Gasteiger charge is -2.31. The highest BCUT2D eigenvalue weighted by Gasteiger charge is 2.25. The summed E-state index contributed by atoms with van der Waals surface area (Å²) >= 11 is 0. The van der Waals surface area contributed by atoms with Gasteiger partial charge in [-0.05, 0) is 34.6 Å². The third-order valence-electron chi connectivity index (χ3n) is 2.97. The molecule has 0 spiro atoms. The zero-order valence-corrected chi connectivity index (χ0v) is 12.1. The molecule has 0 saturated carbocycles. The molecule has 0 aliphatic rings. The molecule has 0 amide bonds. The molecule has 1 aromatic carbocycles. The minimum atomic E-state index is -0.591. The smallest absolute Gasteiger partial charge is 0.167 e. The van der Waals surface area contributed by atoms with Gasteiger partial charge in [-0.3, -0.25) is 0 Å². The van der Waals surface area contributed by atoms with Crippen LogP contribution >= 0.6 is 0 Å². The van der Waals surface area contributed by atoms with Crippen LogP contribution in [0.5, 0.6) is 5.75 Å². The maximum atomic E-state index is 13.7. The summed E-state index contributed by atoms with van der Waals surface area (Å²) in [5, 5.41) is 12.8. The number of aliphatic hydroxyl groups excluding tert-OH is 1. The van der Waals surface area contributed by atoms with Gasteiger partial charge >= 0.3 is 0 Å². The van der Waals surface area contributed by atoms with E-state index in [9.17, 15) is 9.50 Å². The second kappa shape index (κ2) is 5.65. The fourth-order valence-corrected chi connectivity index (χ4v) is 1.47. The van der Waals surface area contributed by atoms with Gasteiger partial charge in [0.15, 0.2) is 11.6 Å². The Balaban J connectivity index is 3.07. The van der Waals surface area contributed by atoms with Crippen LogP contribution in [0.3, 0.4) is 0 Å². The van der Waals surface area contributed by atoms with Crippen molar-refractivity contribution in [3.63, 3.8) is 0 Å². The Morgan fingerprint density at radius 2 is 1.89 bits per heavy atom. The number of ether oxygens (including phenoxy) is 1. The first kappa shape index (κ1) is 15.6. The van der Waals surface area contributed by atoms with Gasteiger partial charge in [-0.2, -0.15) is 0 Å². The molecule has 4 nitrogen and oxygen atoms in total. The lowest BCUT2D eigenvalue weighted by molar-refractivity contribution is 0.133. The van der Waals surface area contributed by atoms with Gasteiger partial charge in [-0.1, -0.05) is 0 Å². The van der Waals surface area contributed by atoms with Gasteiger partial charge in [0.2, 0.25) is 0 Å². The Bertz CT molecular complexity index is 445. The molecule has 1 rings (SSSR count). The van der Waals surface area contributed by atoms with Crippen molar-refractivity contribution in [1.82, 2.24) is 0 Å². The minimum Gasteiger partial charge on any atom is -0.488 e. The highest BCUT2D eigenvalue weighted by molar-refractivity contribution is 5.69. The van der Waals surface area contributed by atoms with Gasteiger partial charge in [0.25, 0.3) is 0 Å². The van der Waals surface area contributed by atoms with E-state index in [1.54, 1.807) is 6.92 Å². The summed E-state index contributed by atoms with van der Waals surface area (Å²) in [5.74, 6) is -0.348. The van der Waals surface area contributed by atoms with Gasteiger partial charge in [0, 0.05) is 12.1 Å². The first-order chi connectivity index (χ1) is 8.63. The molecule has 0 aromatic heterocycles. The van der Waals surface area contributed by atoms with Crippen LogP contribution in [0, 0.1) is 5.82 Å². The number of nitrogen functional groups attached to an aromatic ring is 1. The van der Waals surface area contributed by atoms with E-state index >= 15 is 0 Å². The molecule has 0 bridgehead atoms. The molecule has 0 aliphatic heterocycles. The first-order valence-electron chi connectivity index (χ1n) is 6.35. The third kappa shape index (κ3) is 3.99. The molecule has 0 radical (unpaired) electrons. The highest BCUT2D eigenvalue weighted by atomic mass is 19.1. The molecular weight excluding hydrogens is 247 g/mol. The lowest BCUT2D eigenvalue weighted by Crippen LogP contribution is -2.42. The van der Waals surface area contributed by atoms with Crippen LogP contribution in [-0.2, 0) is 0 Å². The van der Waals surface area contributed by atoms with E-state index in [4.69, 9.17) is 10.5 Å². The minimum absolute atomic E-state index is 0.129. The Morgan fingerprint density at radius 3 is 2.37 bits per heavy atom. The van der Waals surface area contributed by atoms with Crippen LogP contribution in [0.4, 0.5) is 15.8 Å². The van der Waals surface area contributed by atoms with E-state index in [0.29, 0.717) is 5.69 Å². The van der Waals surface area contributed by atoms with Crippen molar-refractivity contribution in [3.8, 4) is 5.75 Å². The van der Waals surface area contributed by atoms with Crippen LogP contribution in [0.1, 0.15) is 34.6 Å². The van der Waals surface area contributed by atoms with Crippen molar-refractivity contribution < 1.29 is 14.2 Å². The number of hydrogen-bond acceptors (Lipinski definition) is 4. The fourth-order valence-electron chi connectivity index (χ4n) is 1.47. The zero-order valence-electron chi connectivity index (χ0n) is 12.1. The molecular formula is C14H23FN2O2. The number of rotatable bonds is 5. The Morgan fingerprint density at radius 1 is 1.32 bits per heavy atom. The van der Waals surface area contributed by atoms with Crippen LogP contribution in [0.15, 0.2) is 12.1 Å². The first-order valence-corrected chi connectivity index (χ1v) is 6.35. The highest BCUT2D eigenvalue weighted by Crippen LogP contribution is 2.31. The largest absolute Gasteiger partial charge is 0.488 e. The van der Waals surface area contributed by atoms with E-state index < -0.39 is 17.5 Å². The molecule has 0 saturated heterocycles. The normalized spacial score (nSPS) is 13.5. The van der Waals surface area contributed by atoms with Gasteiger partial charge in [0.1, 0.15) is 0 Å². The summed E-state index contributed by atoms with van der Waals surface area (Å²) in [7, 11) is 0. The molecule has 5 heteroatoms. The van der Waals surface area contributed by atoms with Crippen LogP contribution < -0.4 is 15.8 Å². The van der Waals surface area contributed by atoms with E-state index in [1.165, 1.54) is 12.1 Å². The number of aliphatic hydroxyl groups is 1. The summed E-state index contributed by atoms with van der Waals surface area (Å²) in [6.07, 6.45) is -0.720. The summed E-state index contributed by atoms with van der Waals surface area (Å²) in [4.78, 5) is 0. The van der Waals surface area contributed by atoms with Crippen molar-refractivity contribution >= 4 is 11.4 Å². The van der Waals surface area contributed by atoms with E-state index in [1.807, 2.05) is 27.7 Å². The molecule has 0 fully saturated rings. The summed E-state index contributed by atoms with van der Waals surface area (Å²) in [6.45, 7) is 9.00. The predicted molar refractivity (Wildman–Crippen MR) is 76.0 cm³/mol. The quantitative estimate of drug-likeness (QED) is 0.720. The second-order valence-electron chi connectivity index (χ2n) is 5.56. The maximum Gasteiger partial charge on any atom is 0.167 e. The average molecular weight is 270 g/mol. The van der Waals surface area contributed by atoms with Crippen LogP contribution in [0.25, 0.3) is 0 Å². The van der Waals surface area contributed by atoms with Crippen LogP contribution in [-0.4, -0.2) is 22.9 Å². The molecule has 19 heavy (non-hydrogen) atoms. The van der Waals surface area contributed by atoms with Crippen molar-refractivity contribution in [2.24, 2.45) is 0 Å². The molecule has 4 N–H and O–H groups in total. The van der Waals surface area contributed by atoms with E-state index in [2.05, 4.69) is 5.32 Å². The number of nitrogens with one attached hydrogen (secondary N) is 1. The molecule has 0 heterocycles. The number of benzene rings is 1. The summed E-state index contributed by atoms with van der Waals surface area (Å²) in [6, 6.07) is 2.74. The molecule has 108 valence electrons. The van der Waals surface area contributed by atoms with Crippen molar-refractivity contribution in [2.75, 3.05) is 11.1 Å². The topological polar surface area (TPSA) is 67.5 Å².